The topological polar surface area (TPSA) is 73.2 Å². The molecule has 3 rings (SSSR count). The molecule has 3 N–H and O–H groups in total. The average Bonchev–Trinajstić information content (AvgIpc) is 2.68. The van der Waals surface area contributed by atoms with Crippen molar-refractivity contribution in [3.63, 3.8) is 0 Å². The number of benzene rings is 1. The number of hydrogen-bond acceptors (Lipinski definition) is 4. The highest BCUT2D eigenvalue weighted by molar-refractivity contribution is 5.80. The minimum atomic E-state index is -0.446. The van der Waals surface area contributed by atoms with Gasteiger partial charge in [0.2, 0.25) is 0 Å². The maximum absolute atomic E-state index is 6.22. The lowest BCUT2D eigenvalue weighted by molar-refractivity contribution is 0.297. The molecule has 0 aliphatic carbocycles. The molecule has 19 heavy (non-hydrogen) atoms. The molecule has 0 saturated heterocycles. The molecular weight excluding hydrogens is 242 g/mol. The number of H-pyrrole nitrogens is 1. The molecule has 1 atom stereocenters. The molecule has 0 fully saturated rings. The summed E-state index contributed by atoms with van der Waals surface area (Å²) < 4.78 is 11.3. The van der Waals surface area contributed by atoms with Gasteiger partial charge in [-0.05, 0) is 13.3 Å². The Morgan fingerprint density at radius 1 is 1.32 bits per heavy atom. The van der Waals surface area contributed by atoms with E-state index < -0.39 is 5.54 Å². The number of nitrogens with zero attached hydrogens (tertiary/aromatic N) is 1. The number of ether oxygens (including phenoxy) is 2. The van der Waals surface area contributed by atoms with Gasteiger partial charge in [-0.1, -0.05) is 6.92 Å². The Balaban J connectivity index is 2.09. The number of hydrogen-bond donors (Lipinski definition) is 2. The van der Waals surface area contributed by atoms with Crippen LogP contribution in [0.2, 0.25) is 0 Å². The van der Waals surface area contributed by atoms with Crippen molar-refractivity contribution in [1.82, 2.24) is 9.97 Å². The van der Waals surface area contributed by atoms with Gasteiger partial charge >= 0.3 is 0 Å². The third kappa shape index (κ3) is 2.14. The molecule has 1 unspecified atom stereocenters. The van der Waals surface area contributed by atoms with Gasteiger partial charge in [0.15, 0.2) is 11.5 Å². The van der Waals surface area contributed by atoms with Gasteiger partial charge in [0, 0.05) is 18.6 Å². The summed E-state index contributed by atoms with van der Waals surface area (Å²) in [6.45, 7) is 5.39. The standard InChI is InChI=1S/C14H19N3O2/c1-3-14(2,15)13-16-9-7-11-12(8-10(9)17-13)19-6-4-5-18-11/h7-8H,3-6,15H2,1-2H3,(H,16,17). The monoisotopic (exact) mass is 261 g/mol. The zero-order chi connectivity index (χ0) is 13.5. The van der Waals surface area contributed by atoms with Crippen molar-refractivity contribution in [2.24, 2.45) is 5.73 Å². The van der Waals surface area contributed by atoms with Crippen molar-refractivity contribution in [2.75, 3.05) is 13.2 Å². The van der Waals surface area contributed by atoms with Gasteiger partial charge in [-0.15, -0.1) is 0 Å². The van der Waals surface area contributed by atoms with Crippen LogP contribution >= 0.6 is 0 Å². The van der Waals surface area contributed by atoms with E-state index in [1.54, 1.807) is 0 Å². The van der Waals surface area contributed by atoms with Crippen LogP contribution in [0.3, 0.4) is 0 Å². The normalized spacial score (nSPS) is 18.1. The Morgan fingerprint density at radius 2 is 2.00 bits per heavy atom. The Morgan fingerprint density at radius 3 is 2.68 bits per heavy atom. The molecule has 1 aromatic heterocycles. The lowest BCUT2D eigenvalue weighted by Gasteiger charge is -2.19. The van der Waals surface area contributed by atoms with Gasteiger partial charge in [0.1, 0.15) is 5.82 Å². The first-order chi connectivity index (χ1) is 9.10. The van der Waals surface area contributed by atoms with E-state index >= 15 is 0 Å². The van der Waals surface area contributed by atoms with Gasteiger partial charge in [-0.2, -0.15) is 0 Å². The Kier molecular flexibility index (Phi) is 2.86. The fourth-order valence-electron chi connectivity index (χ4n) is 2.10. The summed E-state index contributed by atoms with van der Waals surface area (Å²) in [6, 6.07) is 3.86. The summed E-state index contributed by atoms with van der Waals surface area (Å²) >= 11 is 0. The van der Waals surface area contributed by atoms with Crippen LogP contribution in [0.15, 0.2) is 12.1 Å². The molecule has 0 saturated carbocycles. The van der Waals surface area contributed by atoms with Crippen molar-refractivity contribution >= 4 is 11.0 Å². The van der Waals surface area contributed by atoms with Crippen molar-refractivity contribution in [1.29, 1.82) is 0 Å². The number of imidazole rings is 1. The second-order valence-electron chi connectivity index (χ2n) is 5.22. The lowest BCUT2D eigenvalue weighted by Crippen LogP contribution is -2.33. The van der Waals surface area contributed by atoms with Crippen molar-refractivity contribution < 1.29 is 9.47 Å². The van der Waals surface area contributed by atoms with E-state index in [2.05, 4.69) is 16.9 Å². The van der Waals surface area contributed by atoms with Crippen molar-refractivity contribution in [2.45, 2.75) is 32.2 Å². The summed E-state index contributed by atoms with van der Waals surface area (Å²) in [5.74, 6) is 2.33. The molecule has 2 aromatic rings. The molecule has 0 spiro atoms. The van der Waals surface area contributed by atoms with Crippen LogP contribution in [0.25, 0.3) is 11.0 Å². The second-order valence-corrected chi connectivity index (χ2v) is 5.22. The van der Waals surface area contributed by atoms with E-state index in [0.717, 1.165) is 41.2 Å². The highest BCUT2D eigenvalue weighted by Crippen LogP contribution is 2.34. The number of rotatable bonds is 2. The average molecular weight is 261 g/mol. The smallest absolute Gasteiger partial charge is 0.163 e. The lowest BCUT2D eigenvalue weighted by atomic mass is 10.0. The minimum Gasteiger partial charge on any atom is -0.489 e. The van der Waals surface area contributed by atoms with E-state index in [0.29, 0.717) is 13.2 Å². The Bertz CT molecular complexity index is 561. The summed E-state index contributed by atoms with van der Waals surface area (Å²) in [7, 11) is 0. The molecule has 0 bridgehead atoms. The summed E-state index contributed by atoms with van der Waals surface area (Å²) in [5, 5.41) is 0. The quantitative estimate of drug-likeness (QED) is 0.870. The Labute approximate surface area is 112 Å². The fraction of sp³-hybridized carbons (Fsp3) is 0.500. The summed E-state index contributed by atoms with van der Waals surface area (Å²) in [4.78, 5) is 7.86. The maximum Gasteiger partial charge on any atom is 0.163 e. The molecule has 1 aromatic carbocycles. The van der Waals surface area contributed by atoms with Crippen LogP contribution in [-0.4, -0.2) is 23.2 Å². The molecule has 102 valence electrons. The van der Waals surface area contributed by atoms with Gasteiger partial charge in [-0.3, -0.25) is 0 Å². The fourth-order valence-corrected chi connectivity index (χ4v) is 2.10. The van der Waals surface area contributed by atoms with E-state index in [1.165, 1.54) is 0 Å². The van der Waals surface area contributed by atoms with Crippen LogP contribution in [0, 0.1) is 0 Å². The molecule has 0 amide bonds. The number of nitrogens with two attached hydrogens (primary N) is 1. The molecule has 5 heteroatoms. The molecular formula is C14H19N3O2. The third-order valence-electron chi connectivity index (χ3n) is 3.63. The number of nitrogens with one attached hydrogen (secondary N) is 1. The SMILES string of the molecule is CCC(C)(N)c1nc2cc3c(cc2[nH]1)OCCCO3. The van der Waals surface area contributed by atoms with E-state index in [4.69, 9.17) is 15.2 Å². The minimum absolute atomic E-state index is 0.446. The summed E-state index contributed by atoms with van der Waals surface area (Å²) in [6.07, 6.45) is 1.72. The first-order valence-electron chi connectivity index (χ1n) is 6.69. The van der Waals surface area contributed by atoms with Crippen LogP contribution in [0.5, 0.6) is 11.5 Å². The zero-order valence-electron chi connectivity index (χ0n) is 11.3. The number of fused-ring (bicyclic) bond motifs is 2. The number of aromatic amines is 1. The molecule has 5 nitrogen and oxygen atoms in total. The Hall–Kier alpha value is -1.75. The maximum atomic E-state index is 6.22. The van der Waals surface area contributed by atoms with Gasteiger partial charge in [0.25, 0.3) is 0 Å². The summed E-state index contributed by atoms with van der Waals surface area (Å²) in [5.41, 5.74) is 7.58. The highest BCUT2D eigenvalue weighted by Gasteiger charge is 2.23. The van der Waals surface area contributed by atoms with Gasteiger partial charge < -0.3 is 20.2 Å². The van der Waals surface area contributed by atoms with E-state index in [9.17, 15) is 0 Å². The zero-order valence-corrected chi connectivity index (χ0v) is 11.3. The third-order valence-corrected chi connectivity index (χ3v) is 3.63. The highest BCUT2D eigenvalue weighted by atomic mass is 16.5. The van der Waals surface area contributed by atoms with E-state index in [1.807, 2.05) is 19.1 Å². The molecule has 1 aliphatic rings. The molecule has 1 aliphatic heterocycles. The van der Waals surface area contributed by atoms with Crippen molar-refractivity contribution in [3.05, 3.63) is 18.0 Å². The van der Waals surface area contributed by atoms with Crippen LogP contribution in [0.4, 0.5) is 0 Å². The first-order valence-corrected chi connectivity index (χ1v) is 6.69. The van der Waals surface area contributed by atoms with Crippen LogP contribution in [0.1, 0.15) is 32.5 Å². The largest absolute Gasteiger partial charge is 0.489 e. The first kappa shape index (κ1) is 12.3. The van der Waals surface area contributed by atoms with Gasteiger partial charge in [-0.25, -0.2) is 4.98 Å². The van der Waals surface area contributed by atoms with Gasteiger partial charge in [0.05, 0.1) is 29.8 Å². The van der Waals surface area contributed by atoms with Crippen LogP contribution in [-0.2, 0) is 5.54 Å². The predicted octanol–water partition coefficient (Wildman–Crippen LogP) is 2.31. The van der Waals surface area contributed by atoms with Crippen molar-refractivity contribution in [3.8, 4) is 11.5 Å². The van der Waals surface area contributed by atoms with Crippen LogP contribution < -0.4 is 15.2 Å². The number of aromatic nitrogens is 2. The van der Waals surface area contributed by atoms with E-state index in [-0.39, 0.29) is 0 Å². The molecule has 2 heterocycles. The second kappa shape index (κ2) is 4.42. The molecule has 0 radical (unpaired) electrons. The predicted molar refractivity (Wildman–Crippen MR) is 73.5 cm³/mol.